The molecule has 1 aliphatic heterocycles. The molecule has 33 heavy (non-hydrogen) atoms. The van der Waals surface area contributed by atoms with E-state index in [1.165, 1.54) is 19.3 Å². The van der Waals surface area contributed by atoms with Gasteiger partial charge in [0, 0.05) is 35.3 Å². The molecule has 1 unspecified atom stereocenters. The summed E-state index contributed by atoms with van der Waals surface area (Å²) in [5, 5.41) is 25.0. The molecule has 1 amide bonds. The van der Waals surface area contributed by atoms with Crippen LogP contribution in [0, 0.1) is 6.92 Å². The Kier molecular flexibility index (Phi) is 6.00. The van der Waals surface area contributed by atoms with Gasteiger partial charge in [-0.15, -0.1) is 0 Å². The minimum atomic E-state index is -0.583. The number of nitrogens with zero attached hydrogens (tertiary/aromatic N) is 1. The van der Waals surface area contributed by atoms with Crippen molar-refractivity contribution in [1.29, 1.82) is 0 Å². The van der Waals surface area contributed by atoms with E-state index in [0.29, 0.717) is 12.1 Å². The number of para-hydroxylation sites is 1. The van der Waals surface area contributed by atoms with Crippen LogP contribution < -0.4 is 5.32 Å². The molecule has 2 aliphatic rings. The van der Waals surface area contributed by atoms with Crippen LogP contribution in [0.2, 0.25) is 0 Å². The van der Waals surface area contributed by atoms with Crippen LogP contribution in [0.25, 0.3) is 16.5 Å². The molecule has 2 aromatic heterocycles. The molecule has 1 aromatic carbocycles. The van der Waals surface area contributed by atoms with E-state index in [9.17, 15) is 15.0 Å². The third-order valence-electron chi connectivity index (χ3n) is 6.90. The fourth-order valence-electron chi connectivity index (χ4n) is 5.36. The number of allylic oxidation sites excluding steroid dienone is 1. The van der Waals surface area contributed by atoms with Gasteiger partial charge in [-0.3, -0.25) is 4.79 Å². The van der Waals surface area contributed by atoms with Crippen LogP contribution in [-0.2, 0) is 6.42 Å². The van der Waals surface area contributed by atoms with Gasteiger partial charge >= 0.3 is 0 Å². The number of amides is 1. The standard InChI is InChI=1S/C26H32N4O3/c1-16-22(25(32)27-14-17(31)15-30-12-5-2-6-13-30)19-9-7-10-20(24(19)28-16)23-18-8-3-4-11-21(18)29-26(23)33/h3-4,8,10-11,17,28-29,31,33H,2,5-7,9,12-15H2,1H3,(H,27,32). The minimum Gasteiger partial charge on any atom is -0.494 e. The average molecular weight is 449 g/mol. The molecule has 1 aliphatic carbocycles. The highest BCUT2D eigenvalue weighted by Crippen LogP contribution is 2.41. The van der Waals surface area contributed by atoms with Gasteiger partial charge in [0.25, 0.3) is 5.91 Å². The molecular weight excluding hydrogens is 416 g/mol. The van der Waals surface area contributed by atoms with Crippen LogP contribution in [0.4, 0.5) is 0 Å². The first-order valence-corrected chi connectivity index (χ1v) is 11.9. The lowest BCUT2D eigenvalue weighted by atomic mass is 9.89. The van der Waals surface area contributed by atoms with E-state index >= 15 is 0 Å². The van der Waals surface area contributed by atoms with Crippen LogP contribution in [0.15, 0.2) is 30.3 Å². The number of likely N-dealkylation sites (tertiary alicyclic amines) is 1. The van der Waals surface area contributed by atoms with Crippen LogP contribution in [-0.4, -0.2) is 63.3 Å². The van der Waals surface area contributed by atoms with Gasteiger partial charge in [0.2, 0.25) is 0 Å². The first kappa shape index (κ1) is 21.8. The molecule has 0 saturated carbocycles. The zero-order valence-corrected chi connectivity index (χ0v) is 19.1. The normalized spacial score (nSPS) is 17.6. The van der Waals surface area contributed by atoms with E-state index in [4.69, 9.17) is 0 Å². The zero-order valence-electron chi connectivity index (χ0n) is 19.1. The summed E-state index contributed by atoms with van der Waals surface area (Å²) in [6.45, 7) is 4.78. The highest BCUT2D eigenvalue weighted by molar-refractivity contribution is 6.03. The highest BCUT2D eigenvalue weighted by Gasteiger charge is 2.28. The Morgan fingerprint density at radius 2 is 1.97 bits per heavy atom. The van der Waals surface area contributed by atoms with Crippen molar-refractivity contribution in [2.24, 2.45) is 0 Å². The lowest BCUT2D eigenvalue weighted by Crippen LogP contribution is -2.42. The number of carbonyl (C=O) groups is 1. The summed E-state index contributed by atoms with van der Waals surface area (Å²) in [6, 6.07) is 7.82. The van der Waals surface area contributed by atoms with Gasteiger partial charge in [-0.1, -0.05) is 30.7 Å². The summed E-state index contributed by atoms with van der Waals surface area (Å²) in [4.78, 5) is 21.9. The maximum Gasteiger partial charge on any atom is 0.253 e. The van der Waals surface area contributed by atoms with Crippen LogP contribution in [0.5, 0.6) is 5.88 Å². The van der Waals surface area contributed by atoms with Gasteiger partial charge < -0.3 is 30.4 Å². The molecule has 1 fully saturated rings. The van der Waals surface area contributed by atoms with Gasteiger partial charge in [-0.25, -0.2) is 0 Å². The third-order valence-corrected chi connectivity index (χ3v) is 6.90. The second-order valence-electron chi connectivity index (χ2n) is 9.25. The molecule has 7 nitrogen and oxygen atoms in total. The number of hydrogen-bond acceptors (Lipinski definition) is 4. The Balaban J connectivity index is 1.36. The maximum absolute atomic E-state index is 13.1. The molecular formula is C26H32N4O3. The number of hydrogen-bond donors (Lipinski definition) is 5. The van der Waals surface area contributed by atoms with Crippen molar-refractivity contribution in [3.63, 3.8) is 0 Å². The summed E-state index contributed by atoms with van der Waals surface area (Å²) in [7, 11) is 0. The zero-order chi connectivity index (χ0) is 22.9. The first-order chi connectivity index (χ1) is 16.0. The van der Waals surface area contributed by atoms with Gasteiger partial charge in [-0.2, -0.15) is 0 Å². The Bertz CT molecular complexity index is 1200. The molecule has 5 rings (SSSR count). The number of aryl methyl sites for hydroxylation is 1. The molecule has 3 heterocycles. The van der Waals surface area contributed by atoms with Gasteiger partial charge in [0.1, 0.15) is 0 Å². The average Bonchev–Trinajstić information content (AvgIpc) is 3.33. The number of benzene rings is 1. The third kappa shape index (κ3) is 4.18. The van der Waals surface area contributed by atoms with E-state index < -0.39 is 6.10 Å². The highest BCUT2D eigenvalue weighted by atomic mass is 16.3. The van der Waals surface area contributed by atoms with Crippen molar-refractivity contribution in [3.05, 3.63) is 58.4 Å². The van der Waals surface area contributed by atoms with E-state index in [1.54, 1.807) is 0 Å². The molecule has 1 saturated heterocycles. The molecule has 1 atom stereocenters. The molecule has 7 heteroatoms. The van der Waals surface area contributed by atoms with Crippen LogP contribution >= 0.6 is 0 Å². The summed E-state index contributed by atoms with van der Waals surface area (Å²) in [5.74, 6) is -0.0264. The van der Waals surface area contributed by atoms with Crippen molar-refractivity contribution in [2.75, 3.05) is 26.2 Å². The summed E-state index contributed by atoms with van der Waals surface area (Å²) in [5.41, 5.74) is 5.86. The number of H-pyrrole nitrogens is 2. The molecule has 0 bridgehead atoms. The Labute approximate surface area is 193 Å². The summed E-state index contributed by atoms with van der Waals surface area (Å²) < 4.78 is 0. The Hall–Kier alpha value is -3.03. The quantitative estimate of drug-likeness (QED) is 0.398. The first-order valence-electron chi connectivity index (χ1n) is 11.9. The monoisotopic (exact) mass is 448 g/mol. The largest absolute Gasteiger partial charge is 0.494 e. The fraction of sp³-hybridized carbons (Fsp3) is 0.423. The van der Waals surface area contributed by atoms with E-state index in [1.807, 2.05) is 31.2 Å². The second-order valence-corrected chi connectivity index (χ2v) is 9.25. The topological polar surface area (TPSA) is 104 Å². The Morgan fingerprint density at radius 1 is 1.18 bits per heavy atom. The van der Waals surface area contributed by atoms with E-state index in [-0.39, 0.29) is 18.3 Å². The fourth-order valence-corrected chi connectivity index (χ4v) is 5.36. The predicted molar refractivity (Wildman–Crippen MR) is 130 cm³/mol. The number of aliphatic hydroxyl groups is 1. The number of aromatic hydroxyl groups is 1. The molecule has 5 N–H and O–H groups in total. The SMILES string of the molecule is Cc1[nH]c2c(c1C(=O)NCC(O)CN1CCCCC1)CCC=C2c1c(O)[nH]c2ccccc12. The number of fused-ring (bicyclic) bond motifs is 2. The van der Waals surface area contributed by atoms with Crippen LogP contribution in [0.1, 0.15) is 58.6 Å². The van der Waals surface area contributed by atoms with Crippen molar-refractivity contribution in [1.82, 2.24) is 20.2 Å². The van der Waals surface area contributed by atoms with Crippen LogP contribution in [0.3, 0.4) is 0 Å². The van der Waals surface area contributed by atoms with Crippen molar-refractivity contribution >= 4 is 22.4 Å². The number of aliphatic hydroxyl groups excluding tert-OH is 1. The number of aromatic amines is 2. The number of carbonyl (C=O) groups excluding carboxylic acids is 1. The predicted octanol–water partition coefficient (Wildman–Crippen LogP) is 3.46. The summed E-state index contributed by atoms with van der Waals surface area (Å²) >= 11 is 0. The van der Waals surface area contributed by atoms with Crippen molar-refractivity contribution in [2.45, 2.75) is 45.1 Å². The number of rotatable bonds is 6. The number of β-amino-alcohol motifs (C(OH)–C–C–N with tert-alkyl or cyclic N) is 1. The molecule has 0 radical (unpaired) electrons. The second kappa shape index (κ2) is 9.08. The molecule has 174 valence electrons. The smallest absolute Gasteiger partial charge is 0.253 e. The lowest BCUT2D eigenvalue weighted by molar-refractivity contribution is 0.0830. The number of piperidine rings is 1. The Morgan fingerprint density at radius 3 is 2.79 bits per heavy atom. The van der Waals surface area contributed by atoms with Crippen molar-refractivity contribution in [3.8, 4) is 5.88 Å². The van der Waals surface area contributed by atoms with Gasteiger partial charge in [0.15, 0.2) is 5.88 Å². The minimum absolute atomic E-state index is 0.134. The van der Waals surface area contributed by atoms with E-state index in [0.717, 1.165) is 64.9 Å². The van der Waals surface area contributed by atoms with Crippen molar-refractivity contribution < 1.29 is 15.0 Å². The van der Waals surface area contributed by atoms with Gasteiger partial charge in [-0.05, 0) is 57.3 Å². The summed E-state index contributed by atoms with van der Waals surface area (Å²) in [6.07, 6.45) is 6.69. The maximum atomic E-state index is 13.1. The van der Waals surface area contributed by atoms with Gasteiger partial charge in [0.05, 0.1) is 22.9 Å². The lowest BCUT2D eigenvalue weighted by Gasteiger charge is -2.28. The number of aromatic nitrogens is 2. The molecule has 0 spiro atoms. The molecule has 3 aromatic rings. The number of nitrogens with one attached hydrogen (secondary N) is 3. The van der Waals surface area contributed by atoms with E-state index in [2.05, 4.69) is 26.3 Å².